The maximum atomic E-state index is 9.24. The fraction of sp³-hybridized carbons (Fsp3) is 0.0870. The highest BCUT2D eigenvalue weighted by atomic mass is 35.5. The zero-order chi connectivity index (χ0) is 21.1. The second kappa shape index (κ2) is 8.53. The third-order valence-corrected chi connectivity index (χ3v) is 6.46. The second-order valence-electron chi connectivity index (χ2n) is 6.65. The Morgan fingerprint density at radius 3 is 2.73 bits per heavy atom. The predicted octanol–water partition coefficient (Wildman–Crippen LogP) is 6.35. The van der Waals surface area contributed by atoms with Crippen LogP contribution in [-0.4, -0.2) is 12.0 Å². The van der Waals surface area contributed by atoms with Gasteiger partial charge in [0.25, 0.3) is 0 Å². The summed E-state index contributed by atoms with van der Waals surface area (Å²) in [4.78, 5) is 0.335. The first kappa shape index (κ1) is 20.5. The molecule has 4 nitrogen and oxygen atoms in total. The van der Waals surface area contributed by atoms with E-state index in [0.29, 0.717) is 27.1 Å². The van der Waals surface area contributed by atoms with Crippen LogP contribution < -0.4 is 15.4 Å². The van der Waals surface area contributed by atoms with Crippen LogP contribution in [-0.2, 0) is 0 Å². The summed E-state index contributed by atoms with van der Waals surface area (Å²) in [6.45, 7) is 0. The number of nitriles is 1. The molecule has 0 aromatic heterocycles. The van der Waals surface area contributed by atoms with Gasteiger partial charge in [0.15, 0.2) is 0 Å². The lowest BCUT2D eigenvalue weighted by Gasteiger charge is -2.26. The molecule has 0 radical (unpaired) electrons. The first-order valence-corrected chi connectivity index (χ1v) is 10.7. The SMILES string of the molecule is COc1cc(NC2(/C=C/c3ccccc3)C=C3NC=C(C#N)C=C3S2)c(Cl)cc1Cl. The number of rotatable bonds is 5. The van der Waals surface area contributed by atoms with Crippen molar-refractivity contribution in [2.45, 2.75) is 4.87 Å². The second-order valence-corrected chi connectivity index (χ2v) is 8.79. The molecule has 2 aromatic carbocycles. The molecule has 0 bridgehead atoms. The van der Waals surface area contributed by atoms with Crippen LogP contribution in [0.1, 0.15) is 5.56 Å². The van der Waals surface area contributed by atoms with Gasteiger partial charge in [0.1, 0.15) is 16.7 Å². The molecule has 2 heterocycles. The molecule has 0 saturated carbocycles. The van der Waals surface area contributed by atoms with Crippen LogP contribution >= 0.6 is 35.0 Å². The molecule has 30 heavy (non-hydrogen) atoms. The van der Waals surface area contributed by atoms with E-state index >= 15 is 0 Å². The van der Waals surface area contributed by atoms with Gasteiger partial charge in [-0.15, -0.1) is 0 Å². The Bertz CT molecular complexity index is 1150. The van der Waals surface area contributed by atoms with Crippen LogP contribution in [0, 0.1) is 11.3 Å². The number of hydrogen-bond donors (Lipinski definition) is 2. The maximum Gasteiger partial charge on any atom is 0.139 e. The molecule has 2 aromatic rings. The lowest BCUT2D eigenvalue weighted by Crippen LogP contribution is -2.28. The molecule has 0 saturated heterocycles. The van der Waals surface area contributed by atoms with Crippen LogP contribution in [0.5, 0.6) is 5.75 Å². The fourth-order valence-electron chi connectivity index (χ4n) is 3.14. The molecule has 0 amide bonds. The van der Waals surface area contributed by atoms with Gasteiger partial charge in [-0.3, -0.25) is 0 Å². The van der Waals surface area contributed by atoms with E-state index in [0.717, 1.165) is 16.2 Å². The molecule has 0 fully saturated rings. The summed E-state index contributed by atoms with van der Waals surface area (Å²) >= 11 is 14.3. The number of thioether (sulfide) groups is 1. The van der Waals surface area contributed by atoms with E-state index in [1.165, 1.54) is 0 Å². The highest BCUT2D eigenvalue weighted by molar-refractivity contribution is 8.05. The average molecular weight is 454 g/mol. The summed E-state index contributed by atoms with van der Waals surface area (Å²) in [5.41, 5.74) is 3.27. The van der Waals surface area contributed by atoms with Crippen molar-refractivity contribution in [2.24, 2.45) is 0 Å². The molecule has 7 heteroatoms. The third kappa shape index (κ3) is 4.22. The molecule has 0 spiro atoms. The van der Waals surface area contributed by atoms with Gasteiger partial charge in [0, 0.05) is 17.2 Å². The van der Waals surface area contributed by atoms with Gasteiger partial charge >= 0.3 is 0 Å². The highest BCUT2D eigenvalue weighted by Crippen LogP contribution is 2.48. The maximum absolute atomic E-state index is 9.24. The van der Waals surface area contributed by atoms with Crippen molar-refractivity contribution < 1.29 is 4.74 Å². The standard InChI is InChI=1S/C23H17Cl2N3OS/c1-29-21-11-19(17(24)10-18(21)25)28-23(8-7-15-5-3-2-4-6-15)12-20-22(30-23)9-16(13-26)14-27-20/h2-12,14,27-28H,1H3/b8-7+. The zero-order valence-corrected chi connectivity index (χ0v) is 18.3. The molecule has 2 aliphatic heterocycles. The zero-order valence-electron chi connectivity index (χ0n) is 15.9. The normalized spacial score (nSPS) is 19.9. The minimum Gasteiger partial charge on any atom is -0.495 e. The number of fused-ring (bicyclic) bond motifs is 1. The molecule has 1 unspecified atom stereocenters. The molecule has 1 atom stereocenters. The smallest absolute Gasteiger partial charge is 0.139 e. The highest BCUT2D eigenvalue weighted by Gasteiger charge is 2.36. The van der Waals surface area contributed by atoms with Crippen molar-refractivity contribution in [3.63, 3.8) is 0 Å². The quantitative estimate of drug-likeness (QED) is 0.552. The fourth-order valence-corrected chi connectivity index (χ4v) is 4.90. The van der Waals surface area contributed by atoms with E-state index < -0.39 is 4.87 Å². The van der Waals surface area contributed by atoms with E-state index in [1.807, 2.05) is 36.4 Å². The van der Waals surface area contributed by atoms with E-state index in [4.69, 9.17) is 27.9 Å². The number of allylic oxidation sites excluding steroid dienone is 2. The van der Waals surface area contributed by atoms with Crippen LogP contribution in [0.3, 0.4) is 0 Å². The van der Waals surface area contributed by atoms with Gasteiger partial charge in [-0.05, 0) is 29.9 Å². The lowest BCUT2D eigenvalue weighted by molar-refractivity contribution is 0.415. The van der Waals surface area contributed by atoms with Gasteiger partial charge in [-0.25, -0.2) is 0 Å². The van der Waals surface area contributed by atoms with E-state index in [9.17, 15) is 5.26 Å². The molecular formula is C23H17Cl2N3OS. The molecule has 0 aliphatic carbocycles. The summed E-state index contributed by atoms with van der Waals surface area (Å²) in [7, 11) is 1.56. The van der Waals surface area contributed by atoms with E-state index in [-0.39, 0.29) is 0 Å². The van der Waals surface area contributed by atoms with E-state index in [2.05, 4.69) is 34.9 Å². The largest absolute Gasteiger partial charge is 0.495 e. The summed E-state index contributed by atoms with van der Waals surface area (Å²) in [5, 5.41) is 16.9. The number of anilines is 1. The molecule has 2 N–H and O–H groups in total. The van der Waals surface area contributed by atoms with Crippen LogP contribution in [0.4, 0.5) is 5.69 Å². The van der Waals surface area contributed by atoms with Gasteiger partial charge in [0.05, 0.1) is 34.1 Å². The van der Waals surface area contributed by atoms with Gasteiger partial charge in [-0.2, -0.15) is 5.26 Å². The Morgan fingerprint density at radius 2 is 2.00 bits per heavy atom. The van der Waals surface area contributed by atoms with Crippen molar-refractivity contribution in [2.75, 3.05) is 12.4 Å². The van der Waals surface area contributed by atoms with E-state index in [1.54, 1.807) is 37.2 Å². The number of nitrogens with zero attached hydrogens (tertiary/aromatic N) is 1. The lowest BCUT2D eigenvalue weighted by atomic mass is 10.1. The Hall–Kier alpha value is -2.78. The molecule has 150 valence electrons. The van der Waals surface area contributed by atoms with Crippen molar-refractivity contribution >= 4 is 46.7 Å². The van der Waals surface area contributed by atoms with Crippen LogP contribution in [0.15, 0.2) is 83.1 Å². The van der Waals surface area contributed by atoms with Crippen LogP contribution in [0.25, 0.3) is 6.08 Å². The number of methoxy groups -OCH3 is 1. The Labute approximate surface area is 189 Å². The minimum atomic E-state index is -0.634. The summed E-state index contributed by atoms with van der Waals surface area (Å²) in [5.74, 6) is 0.532. The van der Waals surface area contributed by atoms with Crippen LogP contribution in [0.2, 0.25) is 10.0 Å². The van der Waals surface area contributed by atoms with Crippen molar-refractivity contribution in [1.82, 2.24) is 5.32 Å². The summed E-state index contributed by atoms with van der Waals surface area (Å²) < 4.78 is 5.35. The molecule has 4 rings (SSSR count). The van der Waals surface area contributed by atoms with Gasteiger partial charge in [0.2, 0.25) is 0 Å². The van der Waals surface area contributed by atoms with Crippen molar-refractivity contribution in [3.05, 3.63) is 98.7 Å². The number of nitrogens with one attached hydrogen (secondary N) is 2. The molecule has 2 aliphatic rings. The number of halogens is 2. The molecular weight excluding hydrogens is 437 g/mol. The predicted molar refractivity (Wildman–Crippen MR) is 125 cm³/mol. The number of benzene rings is 2. The Morgan fingerprint density at radius 1 is 1.20 bits per heavy atom. The number of ether oxygens (including phenoxy) is 1. The number of dihydropyridines is 1. The average Bonchev–Trinajstić information content (AvgIpc) is 3.12. The monoisotopic (exact) mass is 453 g/mol. The number of hydrogen-bond acceptors (Lipinski definition) is 5. The Kier molecular flexibility index (Phi) is 5.83. The topological polar surface area (TPSA) is 57.1 Å². The first-order chi connectivity index (χ1) is 14.5. The minimum absolute atomic E-state index is 0.445. The van der Waals surface area contributed by atoms with Crippen molar-refractivity contribution in [3.8, 4) is 11.8 Å². The summed E-state index contributed by atoms with van der Waals surface area (Å²) in [6.07, 6.45) is 9.77. The first-order valence-electron chi connectivity index (χ1n) is 9.08. The van der Waals surface area contributed by atoms with Crippen molar-refractivity contribution in [1.29, 1.82) is 5.26 Å². The van der Waals surface area contributed by atoms with Gasteiger partial charge in [-0.1, -0.05) is 71.4 Å². The Balaban J connectivity index is 1.74. The summed E-state index contributed by atoms with van der Waals surface area (Å²) in [6, 6.07) is 15.7. The van der Waals surface area contributed by atoms with Gasteiger partial charge < -0.3 is 15.4 Å². The third-order valence-electron chi connectivity index (χ3n) is 4.60.